The summed E-state index contributed by atoms with van der Waals surface area (Å²) in [6.45, 7) is 1.91. The predicted molar refractivity (Wildman–Crippen MR) is 91.3 cm³/mol. The van der Waals surface area contributed by atoms with Crippen molar-refractivity contribution in [1.29, 1.82) is 0 Å². The quantitative estimate of drug-likeness (QED) is 0.699. The second-order valence-electron chi connectivity index (χ2n) is 5.55. The highest BCUT2D eigenvalue weighted by Gasteiger charge is 2.24. The van der Waals surface area contributed by atoms with Crippen molar-refractivity contribution in [1.82, 2.24) is 10.2 Å². The molecule has 0 aliphatic heterocycles. The molecule has 0 fully saturated rings. The Kier molecular flexibility index (Phi) is 4.35. The molecule has 2 N–H and O–H groups in total. The Bertz CT molecular complexity index is 925. The van der Waals surface area contributed by atoms with Gasteiger partial charge in [0.05, 0.1) is 7.11 Å². The third kappa shape index (κ3) is 3.14. The number of methoxy groups -OCH3 is 1. The summed E-state index contributed by atoms with van der Waals surface area (Å²) in [6, 6.07) is 13.3. The molecule has 2 aromatic carbocycles. The molecule has 0 atom stereocenters. The monoisotopic (exact) mass is 336 g/mol. The maximum atomic E-state index is 12.5. The van der Waals surface area contributed by atoms with Crippen LogP contribution in [0.3, 0.4) is 0 Å². The molecular weight excluding hydrogens is 320 g/mol. The minimum absolute atomic E-state index is 0.124. The van der Waals surface area contributed by atoms with Crippen LogP contribution in [0, 0.1) is 6.92 Å². The van der Waals surface area contributed by atoms with Crippen LogP contribution in [0.4, 0.5) is 0 Å². The number of aromatic hydroxyl groups is 1. The van der Waals surface area contributed by atoms with Gasteiger partial charge in [-0.2, -0.15) is 5.10 Å². The Morgan fingerprint density at radius 2 is 1.52 bits per heavy atom. The first-order valence-electron chi connectivity index (χ1n) is 7.58. The summed E-state index contributed by atoms with van der Waals surface area (Å²) in [6.07, 6.45) is 0. The van der Waals surface area contributed by atoms with Crippen molar-refractivity contribution in [2.24, 2.45) is 0 Å². The highest BCUT2D eigenvalue weighted by Crippen LogP contribution is 2.25. The fraction of sp³-hybridized carbons (Fsp3) is 0.105. The van der Waals surface area contributed by atoms with Gasteiger partial charge >= 0.3 is 0 Å². The van der Waals surface area contributed by atoms with E-state index in [1.54, 1.807) is 48.5 Å². The van der Waals surface area contributed by atoms with Gasteiger partial charge in [-0.25, -0.2) is 0 Å². The topological polar surface area (TPSA) is 92.3 Å². The summed E-state index contributed by atoms with van der Waals surface area (Å²) in [5.41, 5.74) is 1.43. The number of aromatic nitrogens is 2. The molecule has 0 aliphatic carbocycles. The number of ether oxygens (including phenoxy) is 1. The van der Waals surface area contributed by atoms with Crippen LogP contribution in [0.2, 0.25) is 0 Å². The van der Waals surface area contributed by atoms with E-state index in [1.165, 1.54) is 7.11 Å². The van der Waals surface area contributed by atoms with Gasteiger partial charge in [-0.05, 0) is 31.2 Å². The highest BCUT2D eigenvalue weighted by molar-refractivity contribution is 6.14. The maximum Gasteiger partial charge on any atom is 0.217 e. The predicted octanol–water partition coefficient (Wildman–Crippen LogP) is 2.89. The number of aromatic amines is 1. The number of rotatable bonds is 5. The van der Waals surface area contributed by atoms with Crippen LogP contribution in [0.5, 0.6) is 11.5 Å². The SMILES string of the molecule is COc1ccc(C(=O)c2[nH]nc(C(=O)c3ccc(C)cc3)c2O)cc1. The number of carbonyl (C=O) groups excluding carboxylic acids is 2. The van der Waals surface area contributed by atoms with Crippen molar-refractivity contribution in [2.45, 2.75) is 6.92 Å². The molecule has 6 nitrogen and oxygen atoms in total. The van der Waals surface area contributed by atoms with Crippen molar-refractivity contribution < 1.29 is 19.4 Å². The van der Waals surface area contributed by atoms with E-state index < -0.39 is 17.3 Å². The molecule has 0 radical (unpaired) electrons. The number of hydrogen-bond acceptors (Lipinski definition) is 5. The fourth-order valence-electron chi connectivity index (χ4n) is 2.38. The average Bonchev–Trinajstić information content (AvgIpc) is 3.02. The molecule has 6 heteroatoms. The summed E-state index contributed by atoms with van der Waals surface area (Å²) in [7, 11) is 1.53. The van der Waals surface area contributed by atoms with E-state index in [1.807, 2.05) is 6.92 Å². The zero-order chi connectivity index (χ0) is 18.0. The molecule has 1 heterocycles. The molecule has 0 saturated heterocycles. The average molecular weight is 336 g/mol. The smallest absolute Gasteiger partial charge is 0.217 e. The van der Waals surface area contributed by atoms with Crippen molar-refractivity contribution in [3.63, 3.8) is 0 Å². The lowest BCUT2D eigenvalue weighted by Gasteiger charge is -2.02. The molecule has 25 heavy (non-hydrogen) atoms. The van der Waals surface area contributed by atoms with Gasteiger partial charge in [0.2, 0.25) is 11.6 Å². The highest BCUT2D eigenvalue weighted by atomic mass is 16.5. The van der Waals surface area contributed by atoms with E-state index in [2.05, 4.69) is 10.2 Å². The van der Waals surface area contributed by atoms with E-state index in [0.29, 0.717) is 16.9 Å². The van der Waals surface area contributed by atoms with E-state index >= 15 is 0 Å². The Labute approximate surface area is 144 Å². The Balaban J connectivity index is 1.90. The second kappa shape index (κ2) is 6.60. The van der Waals surface area contributed by atoms with Gasteiger partial charge in [0, 0.05) is 11.1 Å². The molecule has 0 amide bonds. The molecule has 1 aromatic heterocycles. The van der Waals surface area contributed by atoms with Crippen LogP contribution in [0.1, 0.15) is 37.7 Å². The van der Waals surface area contributed by atoms with Crippen molar-refractivity contribution in [3.8, 4) is 11.5 Å². The zero-order valence-electron chi connectivity index (χ0n) is 13.7. The molecule has 0 unspecified atom stereocenters. The number of aryl methyl sites for hydroxylation is 1. The molecule has 0 bridgehead atoms. The van der Waals surface area contributed by atoms with Crippen LogP contribution in [-0.2, 0) is 0 Å². The van der Waals surface area contributed by atoms with Crippen LogP contribution in [0.25, 0.3) is 0 Å². The molecule has 0 spiro atoms. The van der Waals surface area contributed by atoms with Gasteiger partial charge in [0.25, 0.3) is 0 Å². The number of benzene rings is 2. The number of ketones is 2. The van der Waals surface area contributed by atoms with Crippen LogP contribution < -0.4 is 4.74 Å². The maximum absolute atomic E-state index is 12.5. The summed E-state index contributed by atoms with van der Waals surface area (Å²) < 4.78 is 5.05. The number of nitrogens with one attached hydrogen (secondary N) is 1. The largest absolute Gasteiger partial charge is 0.504 e. The van der Waals surface area contributed by atoms with Gasteiger partial charge in [-0.1, -0.05) is 29.8 Å². The lowest BCUT2D eigenvalue weighted by atomic mass is 10.0. The van der Waals surface area contributed by atoms with Crippen molar-refractivity contribution >= 4 is 11.6 Å². The molecule has 3 rings (SSSR count). The summed E-state index contributed by atoms with van der Waals surface area (Å²) >= 11 is 0. The standard InChI is InChI=1S/C19H16N2O4/c1-11-3-5-12(6-4-11)17(22)15-19(24)16(21-20-15)18(23)13-7-9-14(25-2)10-8-13/h3-10,24H,1-2H3,(H,20,21). The zero-order valence-corrected chi connectivity index (χ0v) is 13.7. The van der Waals surface area contributed by atoms with E-state index in [-0.39, 0.29) is 11.4 Å². The Morgan fingerprint density at radius 3 is 2.12 bits per heavy atom. The number of H-pyrrole nitrogens is 1. The lowest BCUT2D eigenvalue weighted by Crippen LogP contribution is -2.03. The minimum atomic E-state index is -0.462. The normalized spacial score (nSPS) is 10.5. The van der Waals surface area contributed by atoms with Gasteiger partial charge in [0.1, 0.15) is 11.4 Å². The fourth-order valence-corrected chi connectivity index (χ4v) is 2.38. The van der Waals surface area contributed by atoms with Crippen LogP contribution >= 0.6 is 0 Å². The number of carbonyl (C=O) groups is 2. The molecule has 0 aliphatic rings. The minimum Gasteiger partial charge on any atom is -0.504 e. The second-order valence-corrected chi connectivity index (χ2v) is 5.55. The molecular formula is C19H16N2O4. The number of nitrogens with zero attached hydrogens (tertiary/aromatic N) is 1. The van der Waals surface area contributed by atoms with E-state index in [9.17, 15) is 14.7 Å². The first kappa shape index (κ1) is 16.4. The molecule has 0 saturated carbocycles. The van der Waals surface area contributed by atoms with Gasteiger partial charge in [-0.15, -0.1) is 0 Å². The van der Waals surface area contributed by atoms with E-state index in [4.69, 9.17) is 4.74 Å². The molecule has 126 valence electrons. The van der Waals surface area contributed by atoms with Gasteiger partial charge in [0.15, 0.2) is 11.4 Å². The van der Waals surface area contributed by atoms with Gasteiger partial charge in [-0.3, -0.25) is 14.7 Å². The van der Waals surface area contributed by atoms with Crippen molar-refractivity contribution in [2.75, 3.05) is 7.11 Å². The van der Waals surface area contributed by atoms with Crippen molar-refractivity contribution in [3.05, 3.63) is 76.6 Å². The first-order chi connectivity index (χ1) is 12.0. The van der Waals surface area contributed by atoms with Crippen LogP contribution in [0.15, 0.2) is 48.5 Å². The Hall–Kier alpha value is -3.41. The third-order valence-corrected chi connectivity index (χ3v) is 3.85. The first-order valence-corrected chi connectivity index (χ1v) is 7.58. The van der Waals surface area contributed by atoms with Crippen LogP contribution in [-0.4, -0.2) is 34.0 Å². The van der Waals surface area contributed by atoms with Gasteiger partial charge < -0.3 is 9.84 Å². The summed E-state index contributed by atoms with van der Waals surface area (Å²) in [4.78, 5) is 25.0. The number of hydrogen-bond donors (Lipinski definition) is 2. The summed E-state index contributed by atoms with van der Waals surface area (Å²) in [5.74, 6) is -0.759. The third-order valence-electron chi connectivity index (χ3n) is 3.85. The lowest BCUT2D eigenvalue weighted by molar-refractivity contribution is 0.102. The molecule has 3 aromatic rings. The summed E-state index contributed by atoms with van der Waals surface area (Å²) in [5, 5.41) is 16.6. The van der Waals surface area contributed by atoms with E-state index in [0.717, 1.165) is 5.56 Å². The Morgan fingerprint density at radius 1 is 0.960 bits per heavy atom.